The van der Waals surface area contributed by atoms with Gasteiger partial charge in [-0.25, -0.2) is 19.6 Å². The molecule has 5 heterocycles. The van der Waals surface area contributed by atoms with Gasteiger partial charge in [0.1, 0.15) is 35.2 Å². The first-order chi connectivity index (χ1) is 29.4. The molecule has 61 heavy (non-hydrogen) atoms. The van der Waals surface area contributed by atoms with Gasteiger partial charge in [0, 0.05) is 29.6 Å². The van der Waals surface area contributed by atoms with E-state index in [1.54, 1.807) is 40.7 Å². The van der Waals surface area contributed by atoms with E-state index in [2.05, 4.69) is 20.6 Å². The minimum Gasteiger partial charge on any atom is -0.455 e. The third-order valence-electron chi connectivity index (χ3n) is 12.0. The van der Waals surface area contributed by atoms with Crippen molar-refractivity contribution in [2.45, 2.75) is 77.7 Å². The maximum atomic E-state index is 14.2. The number of fused-ring (bicyclic) bond motifs is 4. The summed E-state index contributed by atoms with van der Waals surface area (Å²) >= 11 is 0. The first kappa shape index (κ1) is 41.0. The van der Waals surface area contributed by atoms with E-state index in [0.29, 0.717) is 47.3 Å². The van der Waals surface area contributed by atoms with Crippen molar-refractivity contribution < 1.29 is 33.1 Å². The fourth-order valence-corrected chi connectivity index (χ4v) is 8.75. The number of hydrogen-bond donors (Lipinski definition) is 3. The molecule has 3 aromatic heterocycles. The summed E-state index contributed by atoms with van der Waals surface area (Å²) in [6.07, 6.45) is 6.56. The number of aromatic nitrogens is 4. The predicted octanol–water partition coefficient (Wildman–Crippen LogP) is 6.90. The van der Waals surface area contributed by atoms with Crippen LogP contribution in [-0.2, 0) is 19.1 Å². The Morgan fingerprint density at radius 2 is 1.44 bits per heavy atom. The molecule has 8 rings (SSSR count). The lowest BCUT2D eigenvalue weighted by Gasteiger charge is -2.32. The average Bonchev–Trinajstić information content (AvgIpc) is 4.10. The third kappa shape index (κ3) is 7.66. The van der Waals surface area contributed by atoms with Crippen molar-refractivity contribution in [1.82, 2.24) is 40.0 Å². The summed E-state index contributed by atoms with van der Waals surface area (Å²) in [6.45, 7) is 8.60. The van der Waals surface area contributed by atoms with Gasteiger partial charge in [-0.05, 0) is 79.3 Å². The number of alkyl carbamates (subject to hydrolysis) is 2. The second-order valence-electron chi connectivity index (χ2n) is 16.4. The highest BCUT2D eigenvalue weighted by Crippen LogP contribution is 2.37. The lowest BCUT2D eigenvalue weighted by Crippen LogP contribution is -2.51. The largest absolute Gasteiger partial charge is 0.455 e. The van der Waals surface area contributed by atoms with Crippen LogP contribution in [0.3, 0.4) is 0 Å². The van der Waals surface area contributed by atoms with E-state index in [4.69, 9.17) is 18.9 Å². The molecule has 4 atom stereocenters. The molecule has 6 aromatic rings. The van der Waals surface area contributed by atoms with E-state index in [1.807, 2.05) is 68.7 Å². The van der Waals surface area contributed by atoms with Gasteiger partial charge in [0.25, 0.3) is 0 Å². The van der Waals surface area contributed by atoms with Crippen LogP contribution in [0, 0.1) is 11.8 Å². The van der Waals surface area contributed by atoms with Gasteiger partial charge in [-0.1, -0.05) is 39.8 Å². The summed E-state index contributed by atoms with van der Waals surface area (Å²) in [5, 5.41) is 7.89. The molecule has 4 amide bonds. The Kier molecular flexibility index (Phi) is 11.3. The van der Waals surface area contributed by atoms with Crippen molar-refractivity contribution in [3.63, 3.8) is 0 Å². The van der Waals surface area contributed by atoms with Gasteiger partial charge in [0.2, 0.25) is 17.2 Å². The molecule has 16 nitrogen and oxygen atoms in total. The Morgan fingerprint density at radius 1 is 0.787 bits per heavy atom. The normalized spacial score (nSPS) is 17.7. The lowest BCUT2D eigenvalue weighted by molar-refractivity contribution is -0.137. The van der Waals surface area contributed by atoms with E-state index in [9.17, 15) is 24.0 Å². The Hall–Kier alpha value is -6.71. The van der Waals surface area contributed by atoms with Crippen LogP contribution >= 0.6 is 0 Å². The number of imidazole rings is 2. The van der Waals surface area contributed by atoms with Gasteiger partial charge >= 0.3 is 12.2 Å². The molecule has 0 bridgehead atoms. The van der Waals surface area contributed by atoms with Crippen molar-refractivity contribution in [2.24, 2.45) is 11.8 Å². The van der Waals surface area contributed by atoms with E-state index in [1.165, 1.54) is 14.2 Å². The van der Waals surface area contributed by atoms with Crippen molar-refractivity contribution in [1.29, 1.82) is 0 Å². The molecule has 0 unspecified atom stereocenters. The SMILES string of the molecule is COC(=O)N[C@H](C(=O)N1CCC[C@@H]1n1cncc1-c1ccc2oc3c(ccc4cc(-c5cnc([C@H]6CCCN6C(=O)[C@H](NC(=O)OC)C(C)C)[nH]5)ccc43)c(=O)c2c1)C(C)C. The highest BCUT2D eigenvalue weighted by atomic mass is 16.5. The monoisotopic (exact) mass is 830 g/mol. The van der Waals surface area contributed by atoms with Crippen LogP contribution in [0.15, 0.2) is 76.5 Å². The standard InChI is InChI=1S/C45H50N8O8/c1-24(2)37(49-44(57)59-5)42(55)51-17-7-9-33(51)41-47-21-32(48-41)27-12-14-29-26(19-27)11-15-30-39(54)31-20-28(13-16-35(31)61-40(29)30)34-22-46-23-53(34)36-10-8-18-52(36)43(56)38(25(3)4)50-45(58)60-6/h11-16,19-25,33,36-38H,7-10,17-18H2,1-6H3,(H,47,48)(H,49,57)(H,50,58)/t33-,36+,37-,38+/m1/s1. The molecular formula is C45H50N8O8. The summed E-state index contributed by atoms with van der Waals surface area (Å²) in [7, 11) is 2.55. The van der Waals surface area contributed by atoms with Gasteiger partial charge < -0.3 is 43.9 Å². The first-order valence-electron chi connectivity index (χ1n) is 20.7. The smallest absolute Gasteiger partial charge is 0.407 e. The maximum Gasteiger partial charge on any atom is 0.407 e. The first-order valence-corrected chi connectivity index (χ1v) is 20.7. The van der Waals surface area contributed by atoms with E-state index < -0.39 is 24.3 Å². The van der Waals surface area contributed by atoms with Gasteiger partial charge in [-0.3, -0.25) is 14.4 Å². The molecule has 2 fully saturated rings. The Balaban J connectivity index is 1.06. The van der Waals surface area contributed by atoms with Crippen LogP contribution in [0.4, 0.5) is 9.59 Å². The van der Waals surface area contributed by atoms with Gasteiger partial charge in [0.05, 0.1) is 61.1 Å². The number of likely N-dealkylation sites (tertiary alicyclic amines) is 2. The summed E-state index contributed by atoms with van der Waals surface area (Å²) < 4.78 is 18.0. The van der Waals surface area contributed by atoms with Crippen LogP contribution in [0.5, 0.6) is 0 Å². The summed E-state index contributed by atoms with van der Waals surface area (Å²) in [5.41, 5.74) is 3.88. The molecule has 0 aliphatic carbocycles. The number of ether oxygens (including phenoxy) is 2. The molecule has 3 N–H and O–H groups in total. The zero-order valence-corrected chi connectivity index (χ0v) is 35.1. The third-order valence-corrected chi connectivity index (χ3v) is 12.0. The van der Waals surface area contributed by atoms with Gasteiger partial charge in [-0.15, -0.1) is 0 Å². The van der Waals surface area contributed by atoms with E-state index in [0.717, 1.165) is 52.5 Å². The zero-order chi connectivity index (χ0) is 43.1. The summed E-state index contributed by atoms with van der Waals surface area (Å²) in [4.78, 5) is 81.9. The van der Waals surface area contributed by atoms with E-state index >= 15 is 0 Å². The molecular weight excluding hydrogens is 781 g/mol. The number of rotatable bonds is 10. The maximum absolute atomic E-state index is 14.2. The van der Waals surface area contributed by atoms with Crippen LogP contribution in [0.25, 0.3) is 55.2 Å². The molecule has 318 valence electrons. The number of carbonyl (C=O) groups excluding carboxylic acids is 4. The number of H-pyrrole nitrogens is 1. The van der Waals surface area contributed by atoms with Crippen LogP contribution in [-0.4, -0.2) is 92.7 Å². The molecule has 2 saturated heterocycles. The van der Waals surface area contributed by atoms with Crippen LogP contribution < -0.4 is 16.1 Å². The zero-order valence-electron chi connectivity index (χ0n) is 35.1. The molecule has 0 saturated carbocycles. The number of hydrogen-bond acceptors (Lipinski definition) is 10. The number of methoxy groups -OCH3 is 2. The molecule has 0 radical (unpaired) electrons. The number of aromatic amines is 1. The molecule has 2 aliphatic heterocycles. The fraction of sp³-hybridized carbons (Fsp3) is 0.400. The molecule has 0 spiro atoms. The Labute approximate surface area is 351 Å². The van der Waals surface area contributed by atoms with Gasteiger partial charge in [0.15, 0.2) is 0 Å². The molecule has 3 aromatic carbocycles. The highest BCUT2D eigenvalue weighted by Gasteiger charge is 2.39. The number of carbonyl (C=O) groups is 4. The number of nitrogens with zero attached hydrogens (tertiary/aromatic N) is 5. The average molecular weight is 831 g/mol. The minimum absolute atomic E-state index is 0.138. The summed E-state index contributed by atoms with van der Waals surface area (Å²) in [6, 6.07) is 13.3. The van der Waals surface area contributed by atoms with Gasteiger partial charge in [-0.2, -0.15) is 0 Å². The number of nitrogens with one attached hydrogen (secondary N) is 3. The topological polar surface area (TPSA) is 194 Å². The second kappa shape index (κ2) is 16.7. The number of amides is 4. The highest BCUT2D eigenvalue weighted by molar-refractivity contribution is 6.07. The van der Waals surface area contributed by atoms with Crippen molar-refractivity contribution >= 4 is 56.7 Å². The second-order valence-corrected chi connectivity index (χ2v) is 16.4. The van der Waals surface area contributed by atoms with Crippen molar-refractivity contribution in [2.75, 3.05) is 27.3 Å². The minimum atomic E-state index is -0.755. The molecule has 2 aliphatic rings. The van der Waals surface area contributed by atoms with Crippen molar-refractivity contribution in [3.05, 3.63) is 83.3 Å². The van der Waals surface area contributed by atoms with Crippen LogP contribution in [0.1, 0.15) is 71.4 Å². The quantitative estimate of drug-likeness (QED) is 0.0966. The Morgan fingerprint density at radius 3 is 2.15 bits per heavy atom. The fourth-order valence-electron chi connectivity index (χ4n) is 8.75. The Bertz CT molecular complexity index is 2720. The van der Waals surface area contributed by atoms with E-state index in [-0.39, 0.29) is 41.3 Å². The van der Waals surface area contributed by atoms with Crippen LogP contribution in [0.2, 0.25) is 0 Å². The predicted molar refractivity (Wildman–Crippen MR) is 228 cm³/mol. The number of benzene rings is 3. The molecule has 16 heteroatoms. The van der Waals surface area contributed by atoms with Crippen molar-refractivity contribution in [3.8, 4) is 22.5 Å². The summed E-state index contributed by atoms with van der Waals surface area (Å²) in [5.74, 6) is -0.00242. The lowest BCUT2D eigenvalue weighted by atomic mass is 10.0.